The number of hydrogen-bond donors (Lipinski definition) is 0. The van der Waals surface area contributed by atoms with Crippen molar-refractivity contribution in [3.05, 3.63) is 35.1 Å². The second-order valence-corrected chi connectivity index (χ2v) is 5.96. The zero-order valence-corrected chi connectivity index (χ0v) is 12.9. The largest absolute Gasteiger partial charge is 0.464 e. The van der Waals surface area contributed by atoms with E-state index in [2.05, 4.69) is 0 Å². The van der Waals surface area contributed by atoms with E-state index in [-0.39, 0.29) is 24.3 Å². The van der Waals surface area contributed by atoms with E-state index in [4.69, 9.17) is 4.74 Å². The van der Waals surface area contributed by atoms with Crippen molar-refractivity contribution < 1.29 is 18.7 Å². The Morgan fingerprint density at radius 1 is 1.48 bits per heavy atom. The van der Waals surface area contributed by atoms with E-state index in [0.29, 0.717) is 23.4 Å². The van der Waals surface area contributed by atoms with Crippen LogP contribution in [0.3, 0.4) is 0 Å². The summed E-state index contributed by atoms with van der Waals surface area (Å²) in [6, 6.07) is 3.68. The fraction of sp³-hybridized carbons (Fsp3) is 0.467. The van der Waals surface area contributed by atoms with Crippen LogP contribution in [0, 0.1) is 12.7 Å². The topological polar surface area (TPSA) is 46.6 Å². The van der Waals surface area contributed by atoms with Gasteiger partial charge in [0.15, 0.2) is 0 Å². The van der Waals surface area contributed by atoms with Gasteiger partial charge in [-0.2, -0.15) is 11.8 Å². The number of aryl methyl sites for hydroxylation is 1. The molecule has 0 aromatic heterocycles. The molecular formula is C15H18FNO3S. The molecule has 114 valence electrons. The predicted molar refractivity (Wildman–Crippen MR) is 79.9 cm³/mol. The summed E-state index contributed by atoms with van der Waals surface area (Å²) in [7, 11) is 0. The Hall–Kier alpha value is -1.56. The molecule has 6 heteroatoms. The maximum absolute atomic E-state index is 13.3. The van der Waals surface area contributed by atoms with Crippen LogP contribution in [0.25, 0.3) is 0 Å². The monoisotopic (exact) mass is 311 g/mol. The van der Waals surface area contributed by atoms with Gasteiger partial charge in [-0.25, -0.2) is 9.18 Å². The third-order valence-corrected chi connectivity index (χ3v) is 4.38. The molecule has 0 saturated carbocycles. The van der Waals surface area contributed by atoms with Gasteiger partial charge >= 0.3 is 5.97 Å². The van der Waals surface area contributed by atoms with Gasteiger partial charge in [0.05, 0.1) is 6.61 Å². The molecule has 1 aliphatic heterocycles. The molecule has 0 radical (unpaired) electrons. The lowest BCUT2D eigenvalue weighted by molar-refractivity contribution is -0.147. The fourth-order valence-electron chi connectivity index (χ4n) is 2.22. The van der Waals surface area contributed by atoms with Gasteiger partial charge in [-0.05, 0) is 37.6 Å². The molecule has 0 spiro atoms. The van der Waals surface area contributed by atoms with Gasteiger partial charge < -0.3 is 9.64 Å². The van der Waals surface area contributed by atoms with E-state index in [9.17, 15) is 14.0 Å². The number of halogens is 1. The van der Waals surface area contributed by atoms with Crippen LogP contribution >= 0.6 is 11.8 Å². The molecule has 2 rings (SSSR count). The number of amides is 1. The van der Waals surface area contributed by atoms with Crippen LogP contribution in [-0.2, 0) is 9.53 Å². The van der Waals surface area contributed by atoms with Crippen molar-refractivity contribution in [3.63, 3.8) is 0 Å². The van der Waals surface area contributed by atoms with Crippen molar-refractivity contribution in [1.29, 1.82) is 0 Å². The molecule has 1 atom stereocenters. The summed E-state index contributed by atoms with van der Waals surface area (Å²) in [5.74, 6) is 0.336. The molecular weight excluding hydrogens is 293 g/mol. The highest BCUT2D eigenvalue weighted by Gasteiger charge is 2.34. The lowest BCUT2D eigenvalue weighted by atomic mass is 10.1. The van der Waals surface area contributed by atoms with E-state index < -0.39 is 6.04 Å². The smallest absolute Gasteiger partial charge is 0.329 e. The van der Waals surface area contributed by atoms with Crippen LogP contribution in [0.1, 0.15) is 22.8 Å². The Labute approximate surface area is 127 Å². The quantitative estimate of drug-likeness (QED) is 0.803. The second kappa shape index (κ2) is 6.93. The van der Waals surface area contributed by atoms with Gasteiger partial charge in [-0.15, -0.1) is 0 Å². The molecule has 21 heavy (non-hydrogen) atoms. The lowest BCUT2D eigenvalue weighted by Gasteiger charge is -2.33. The number of carbonyl (C=O) groups is 2. The zero-order valence-electron chi connectivity index (χ0n) is 12.1. The molecule has 1 amide bonds. The number of carbonyl (C=O) groups excluding carboxylic acids is 2. The molecule has 0 N–H and O–H groups in total. The minimum atomic E-state index is -0.568. The minimum absolute atomic E-state index is 0.253. The van der Waals surface area contributed by atoms with Gasteiger partial charge in [0.1, 0.15) is 11.9 Å². The van der Waals surface area contributed by atoms with Crippen molar-refractivity contribution in [1.82, 2.24) is 4.90 Å². The summed E-state index contributed by atoms with van der Waals surface area (Å²) in [6.07, 6.45) is 0. The first-order valence-corrected chi connectivity index (χ1v) is 8.01. The SMILES string of the molecule is CCOC(=O)C1CSCCN1C(=O)c1ccc(F)c(C)c1. The molecule has 0 bridgehead atoms. The second-order valence-electron chi connectivity index (χ2n) is 4.81. The van der Waals surface area contributed by atoms with Crippen LogP contribution < -0.4 is 0 Å². The standard InChI is InChI=1S/C15H18FNO3S/c1-3-20-15(19)13-9-21-7-6-17(13)14(18)11-4-5-12(16)10(2)8-11/h4-5,8,13H,3,6-7,9H2,1-2H3. The molecule has 1 saturated heterocycles. The highest BCUT2D eigenvalue weighted by Crippen LogP contribution is 2.21. The Morgan fingerprint density at radius 3 is 2.90 bits per heavy atom. The van der Waals surface area contributed by atoms with Gasteiger partial charge in [0, 0.05) is 23.6 Å². The summed E-state index contributed by atoms with van der Waals surface area (Å²) in [5.41, 5.74) is 0.815. The Kier molecular flexibility index (Phi) is 5.22. The van der Waals surface area contributed by atoms with E-state index in [1.165, 1.54) is 23.1 Å². The lowest BCUT2D eigenvalue weighted by Crippen LogP contribution is -2.51. The summed E-state index contributed by atoms with van der Waals surface area (Å²) < 4.78 is 18.3. The molecule has 0 aliphatic carbocycles. The molecule has 1 aromatic carbocycles. The highest BCUT2D eigenvalue weighted by molar-refractivity contribution is 7.99. The fourth-order valence-corrected chi connectivity index (χ4v) is 3.26. The molecule has 1 aromatic rings. The predicted octanol–water partition coefficient (Wildman–Crippen LogP) is 2.25. The van der Waals surface area contributed by atoms with Gasteiger partial charge in [-0.3, -0.25) is 4.79 Å². The van der Waals surface area contributed by atoms with Gasteiger partial charge in [-0.1, -0.05) is 0 Å². The summed E-state index contributed by atoms with van der Waals surface area (Å²) in [6.45, 7) is 4.13. The normalized spacial score (nSPS) is 18.4. The van der Waals surface area contributed by atoms with E-state index >= 15 is 0 Å². The van der Waals surface area contributed by atoms with Gasteiger partial charge in [0.2, 0.25) is 0 Å². The minimum Gasteiger partial charge on any atom is -0.464 e. The van der Waals surface area contributed by atoms with Crippen LogP contribution in [-0.4, -0.2) is 47.5 Å². The molecule has 4 nitrogen and oxygen atoms in total. The summed E-state index contributed by atoms with van der Waals surface area (Å²) in [4.78, 5) is 26.1. The first kappa shape index (κ1) is 15.8. The average molecular weight is 311 g/mol. The van der Waals surface area contributed by atoms with Crippen LogP contribution in [0.15, 0.2) is 18.2 Å². The van der Waals surface area contributed by atoms with Crippen molar-refractivity contribution in [2.24, 2.45) is 0 Å². The first-order valence-electron chi connectivity index (χ1n) is 6.86. The third-order valence-electron chi connectivity index (χ3n) is 3.35. The Morgan fingerprint density at radius 2 is 2.24 bits per heavy atom. The molecule has 1 aliphatic rings. The summed E-state index contributed by atoms with van der Waals surface area (Å²) in [5, 5.41) is 0. The third kappa shape index (κ3) is 3.56. The van der Waals surface area contributed by atoms with Crippen molar-refractivity contribution in [3.8, 4) is 0 Å². The Bertz CT molecular complexity index is 550. The van der Waals surface area contributed by atoms with Crippen molar-refractivity contribution in [2.75, 3.05) is 24.7 Å². The van der Waals surface area contributed by atoms with Crippen LogP contribution in [0.5, 0.6) is 0 Å². The number of esters is 1. The Balaban J connectivity index is 2.21. The average Bonchev–Trinajstić information content (AvgIpc) is 2.49. The number of thioether (sulfide) groups is 1. The van der Waals surface area contributed by atoms with Crippen LogP contribution in [0.4, 0.5) is 4.39 Å². The summed E-state index contributed by atoms with van der Waals surface area (Å²) >= 11 is 1.62. The van der Waals surface area contributed by atoms with Crippen molar-refractivity contribution >= 4 is 23.6 Å². The highest BCUT2D eigenvalue weighted by atomic mass is 32.2. The maximum atomic E-state index is 13.3. The molecule has 1 heterocycles. The van der Waals surface area contributed by atoms with E-state index in [1.807, 2.05) is 0 Å². The first-order chi connectivity index (χ1) is 10.0. The number of benzene rings is 1. The van der Waals surface area contributed by atoms with E-state index in [0.717, 1.165) is 5.75 Å². The number of nitrogens with zero attached hydrogens (tertiary/aromatic N) is 1. The molecule has 1 unspecified atom stereocenters. The van der Waals surface area contributed by atoms with Crippen molar-refractivity contribution in [2.45, 2.75) is 19.9 Å². The van der Waals surface area contributed by atoms with Gasteiger partial charge in [0.25, 0.3) is 5.91 Å². The van der Waals surface area contributed by atoms with E-state index in [1.54, 1.807) is 25.6 Å². The maximum Gasteiger partial charge on any atom is 0.329 e. The van der Waals surface area contributed by atoms with Crippen LogP contribution in [0.2, 0.25) is 0 Å². The number of rotatable bonds is 3. The number of ether oxygens (including phenoxy) is 1. The number of hydrogen-bond acceptors (Lipinski definition) is 4. The zero-order chi connectivity index (χ0) is 15.4. The molecule has 1 fully saturated rings.